The Labute approximate surface area is 161 Å². The highest BCUT2D eigenvalue weighted by Crippen LogP contribution is 2.22. The number of carbonyl (C=O) groups excluding carboxylic acids is 1. The molecule has 0 saturated carbocycles. The molecule has 2 heterocycles. The van der Waals surface area contributed by atoms with Crippen LogP contribution in [0.15, 0.2) is 30.3 Å². The van der Waals surface area contributed by atoms with Gasteiger partial charge in [0, 0.05) is 19.1 Å². The van der Waals surface area contributed by atoms with Crippen molar-refractivity contribution in [1.29, 1.82) is 0 Å². The summed E-state index contributed by atoms with van der Waals surface area (Å²) in [6.07, 6.45) is 3.55. The fourth-order valence-electron chi connectivity index (χ4n) is 3.33. The predicted octanol–water partition coefficient (Wildman–Crippen LogP) is 3.83. The van der Waals surface area contributed by atoms with E-state index >= 15 is 0 Å². The van der Waals surface area contributed by atoms with Crippen molar-refractivity contribution in [3.63, 3.8) is 0 Å². The highest BCUT2D eigenvalue weighted by Gasteiger charge is 2.30. The number of carbonyl (C=O) groups is 2. The Morgan fingerprint density at radius 2 is 1.85 bits per heavy atom. The molecule has 2 fully saturated rings. The number of rotatable bonds is 2. The van der Waals surface area contributed by atoms with Gasteiger partial charge in [0.25, 0.3) is 0 Å². The van der Waals surface area contributed by atoms with Crippen molar-refractivity contribution in [2.24, 2.45) is 5.92 Å². The molecule has 6 heteroatoms. The number of carboxylic acids is 1. The molecule has 2 aliphatic heterocycles. The van der Waals surface area contributed by atoms with Crippen LogP contribution in [0.5, 0.6) is 0 Å². The Hall–Kier alpha value is -2.08. The van der Waals surface area contributed by atoms with E-state index in [1.54, 1.807) is 20.8 Å². The third-order valence-corrected chi connectivity index (χ3v) is 4.68. The number of nitrogens with zero attached hydrogens (tertiary/aromatic N) is 1. The van der Waals surface area contributed by atoms with Crippen molar-refractivity contribution in [2.75, 3.05) is 19.6 Å². The molecule has 0 spiro atoms. The molecule has 2 atom stereocenters. The van der Waals surface area contributed by atoms with Crippen molar-refractivity contribution in [3.05, 3.63) is 35.9 Å². The van der Waals surface area contributed by atoms with Crippen molar-refractivity contribution in [1.82, 2.24) is 10.2 Å². The van der Waals surface area contributed by atoms with Gasteiger partial charge in [0.15, 0.2) is 0 Å². The first-order valence-corrected chi connectivity index (χ1v) is 9.75. The molecule has 0 aromatic heterocycles. The van der Waals surface area contributed by atoms with Gasteiger partial charge < -0.3 is 20.1 Å². The van der Waals surface area contributed by atoms with E-state index in [4.69, 9.17) is 9.84 Å². The second kappa shape index (κ2) is 9.74. The Bertz CT molecular complexity index is 606. The quantitative estimate of drug-likeness (QED) is 0.820. The average molecular weight is 376 g/mol. The molecule has 1 aromatic carbocycles. The fraction of sp³-hybridized carbons (Fsp3) is 0.619. The number of hydrogen-bond donors (Lipinski definition) is 2. The van der Waals surface area contributed by atoms with E-state index in [2.05, 4.69) is 35.6 Å². The van der Waals surface area contributed by atoms with Gasteiger partial charge in [0.05, 0.1) is 5.92 Å². The lowest BCUT2D eigenvalue weighted by Gasteiger charge is -2.32. The normalized spacial score (nSPS) is 22.6. The van der Waals surface area contributed by atoms with Gasteiger partial charge in [-0.1, -0.05) is 30.3 Å². The number of aliphatic carboxylic acids is 1. The molecular weight excluding hydrogens is 344 g/mol. The van der Waals surface area contributed by atoms with Crippen LogP contribution in [-0.2, 0) is 9.53 Å². The summed E-state index contributed by atoms with van der Waals surface area (Å²) < 4.78 is 5.20. The Kier molecular flexibility index (Phi) is 7.66. The van der Waals surface area contributed by atoms with Gasteiger partial charge in [-0.05, 0) is 58.6 Å². The third-order valence-electron chi connectivity index (χ3n) is 4.68. The van der Waals surface area contributed by atoms with Crippen molar-refractivity contribution < 1.29 is 19.4 Å². The minimum absolute atomic E-state index is 0.254. The zero-order chi connectivity index (χ0) is 19.9. The molecule has 1 aromatic rings. The van der Waals surface area contributed by atoms with Crippen LogP contribution in [-0.4, -0.2) is 47.3 Å². The lowest BCUT2D eigenvalue weighted by atomic mass is 9.99. The van der Waals surface area contributed by atoms with E-state index in [0.29, 0.717) is 19.0 Å². The summed E-state index contributed by atoms with van der Waals surface area (Å²) in [6.45, 7) is 7.40. The Morgan fingerprint density at radius 3 is 2.41 bits per heavy atom. The molecule has 0 bridgehead atoms. The van der Waals surface area contributed by atoms with Crippen LogP contribution < -0.4 is 5.32 Å². The molecule has 0 aliphatic carbocycles. The van der Waals surface area contributed by atoms with Gasteiger partial charge in [0.1, 0.15) is 5.60 Å². The van der Waals surface area contributed by atoms with Gasteiger partial charge in [-0.25, -0.2) is 4.79 Å². The fourth-order valence-corrected chi connectivity index (χ4v) is 3.33. The number of piperidine rings is 1. The molecule has 3 rings (SSSR count). The van der Waals surface area contributed by atoms with Gasteiger partial charge in [-0.2, -0.15) is 0 Å². The summed E-state index contributed by atoms with van der Waals surface area (Å²) in [5, 5.41) is 12.4. The number of amides is 1. The first-order valence-electron chi connectivity index (χ1n) is 9.75. The second-order valence-electron chi connectivity index (χ2n) is 8.16. The van der Waals surface area contributed by atoms with E-state index in [1.165, 1.54) is 29.8 Å². The van der Waals surface area contributed by atoms with E-state index in [9.17, 15) is 9.59 Å². The van der Waals surface area contributed by atoms with Crippen LogP contribution in [0.3, 0.4) is 0 Å². The maximum atomic E-state index is 11.7. The lowest BCUT2D eigenvalue weighted by Crippen LogP contribution is -2.44. The lowest BCUT2D eigenvalue weighted by molar-refractivity contribution is -0.143. The van der Waals surface area contributed by atoms with Gasteiger partial charge in [-0.15, -0.1) is 0 Å². The van der Waals surface area contributed by atoms with Crippen LogP contribution in [0.2, 0.25) is 0 Å². The summed E-state index contributed by atoms with van der Waals surface area (Å²) in [4.78, 5) is 24.0. The summed E-state index contributed by atoms with van der Waals surface area (Å²) >= 11 is 0. The van der Waals surface area contributed by atoms with Crippen LogP contribution >= 0.6 is 0 Å². The summed E-state index contributed by atoms with van der Waals surface area (Å²) in [5.41, 5.74) is 0.901. The Morgan fingerprint density at radius 1 is 1.15 bits per heavy atom. The second-order valence-corrected chi connectivity index (χ2v) is 8.16. The van der Waals surface area contributed by atoms with Crippen molar-refractivity contribution in [3.8, 4) is 0 Å². The van der Waals surface area contributed by atoms with Crippen LogP contribution in [0.1, 0.15) is 58.1 Å². The zero-order valence-electron chi connectivity index (χ0n) is 16.6. The van der Waals surface area contributed by atoms with Crippen LogP contribution in [0.4, 0.5) is 4.79 Å². The highest BCUT2D eigenvalue weighted by molar-refractivity contribution is 5.73. The maximum Gasteiger partial charge on any atom is 0.410 e. The van der Waals surface area contributed by atoms with E-state index in [0.717, 1.165) is 6.42 Å². The first kappa shape index (κ1) is 21.2. The minimum Gasteiger partial charge on any atom is -0.481 e. The molecule has 2 N–H and O–H groups in total. The minimum atomic E-state index is -0.840. The molecular formula is C21H32N2O4. The number of likely N-dealkylation sites (tertiary alicyclic amines) is 1. The summed E-state index contributed by atoms with van der Waals surface area (Å²) in [7, 11) is 0. The average Bonchev–Trinajstić information content (AvgIpc) is 3.16. The largest absolute Gasteiger partial charge is 0.481 e. The van der Waals surface area contributed by atoms with Crippen LogP contribution in [0, 0.1) is 5.92 Å². The third kappa shape index (κ3) is 7.21. The topological polar surface area (TPSA) is 78.9 Å². The number of nitrogens with one attached hydrogen (secondary N) is 1. The SMILES string of the molecule is CC(C)(C)OC(=O)N1CCCC(C(=O)O)C1.c1ccc(C2CCCN2)cc1. The highest BCUT2D eigenvalue weighted by atomic mass is 16.6. The summed E-state index contributed by atoms with van der Waals surface area (Å²) in [6, 6.07) is 11.3. The predicted molar refractivity (Wildman–Crippen MR) is 105 cm³/mol. The molecule has 2 aliphatic rings. The van der Waals surface area contributed by atoms with E-state index < -0.39 is 23.6 Å². The van der Waals surface area contributed by atoms with E-state index in [-0.39, 0.29) is 6.54 Å². The van der Waals surface area contributed by atoms with E-state index in [1.807, 2.05) is 0 Å². The summed E-state index contributed by atoms with van der Waals surface area (Å²) in [5.74, 6) is -1.30. The molecule has 2 unspecified atom stereocenters. The van der Waals surface area contributed by atoms with Gasteiger partial charge in [-0.3, -0.25) is 4.79 Å². The molecule has 2 saturated heterocycles. The monoisotopic (exact) mass is 376 g/mol. The molecule has 6 nitrogen and oxygen atoms in total. The van der Waals surface area contributed by atoms with Crippen LogP contribution in [0.25, 0.3) is 0 Å². The number of benzene rings is 1. The zero-order valence-corrected chi connectivity index (χ0v) is 16.6. The van der Waals surface area contributed by atoms with Gasteiger partial charge >= 0.3 is 12.1 Å². The maximum absolute atomic E-state index is 11.7. The first-order chi connectivity index (χ1) is 12.8. The van der Waals surface area contributed by atoms with Crippen molar-refractivity contribution in [2.45, 2.75) is 58.1 Å². The number of carboxylic acid groups (broad SMARTS) is 1. The Balaban J connectivity index is 0.000000206. The van der Waals surface area contributed by atoms with Gasteiger partial charge in [0.2, 0.25) is 0 Å². The standard InChI is InChI=1S/C11H19NO4.C10H13N/c1-11(2,3)16-10(15)12-6-4-5-8(7-12)9(13)14;1-2-5-9(6-3-1)10-7-4-8-11-10/h8H,4-7H2,1-3H3,(H,13,14);1-3,5-6,10-11H,4,7-8H2. The smallest absolute Gasteiger partial charge is 0.410 e. The number of ether oxygens (including phenoxy) is 1. The number of hydrogen-bond acceptors (Lipinski definition) is 4. The molecule has 0 radical (unpaired) electrons. The molecule has 27 heavy (non-hydrogen) atoms. The molecule has 1 amide bonds. The van der Waals surface area contributed by atoms with Crippen molar-refractivity contribution >= 4 is 12.1 Å². The molecule has 150 valence electrons.